The number of nitrogens with one attached hydrogen (secondary N) is 1. The molecule has 73 heavy (non-hydrogen) atoms. The second kappa shape index (κ2) is 44.5. The Morgan fingerprint density at radius 1 is 0.507 bits per heavy atom. The molecule has 0 spiro atoms. The number of carbonyl (C=O) groups is 1. The van der Waals surface area contributed by atoms with Crippen molar-refractivity contribution in [3.63, 3.8) is 0 Å². The zero-order valence-electron chi connectivity index (χ0n) is 45.1. The maximum atomic E-state index is 13.2. The minimum atomic E-state index is -1.79. The van der Waals surface area contributed by atoms with E-state index in [9.17, 15) is 45.6 Å². The minimum absolute atomic E-state index is 0.260. The van der Waals surface area contributed by atoms with E-state index in [0.717, 1.165) is 70.6 Å². The predicted octanol–water partition coefficient (Wildman–Crippen LogP) is 9.16. The Kier molecular flexibility index (Phi) is 40.6. The van der Waals surface area contributed by atoms with Crippen LogP contribution in [0.1, 0.15) is 200 Å². The second-order valence-electron chi connectivity index (χ2n) is 20.0. The fraction of sp³-hybridized carbons (Fsp3) is 0.780. The first-order chi connectivity index (χ1) is 35.6. The molecule has 9 N–H and O–H groups in total. The van der Waals surface area contributed by atoms with Gasteiger partial charge >= 0.3 is 0 Å². The Labute approximate surface area is 440 Å². The topological polar surface area (TPSA) is 228 Å². The molecule has 0 radical (unpaired) electrons. The van der Waals surface area contributed by atoms with Gasteiger partial charge in [0.1, 0.15) is 48.8 Å². The molecular formula is C59H103NO13. The van der Waals surface area contributed by atoms with E-state index >= 15 is 0 Å². The van der Waals surface area contributed by atoms with Crippen molar-refractivity contribution in [2.24, 2.45) is 0 Å². The average Bonchev–Trinajstić information content (AvgIpc) is 3.39. The molecular weight excluding hydrogens is 931 g/mol. The molecule has 2 aliphatic heterocycles. The Morgan fingerprint density at radius 2 is 0.959 bits per heavy atom. The highest BCUT2D eigenvalue weighted by Gasteiger charge is 2.51. The number of allylic oxidation sites excluding steroid dienone is 11. The molecule has 12 atom stereocenters. The van der Waals surface area contributed by atoms with Gasteiger partial charge in [-0.3, -0.25) is 4.79 Å². The van der Waals surface area contributed by atoms with Crippen molar-refractivity contribution in [2.45, 2.75) is 274 Å². The maximum absolute atomic E-state index is 13.2. The van der Waals surface area contributed by atoms with E-state index in [-0.39, 0.29) is 18.9 Å². The Bertz CT molecular complexity index is 1500. The fourth-order valence-corrected chi connectivity index (χ4v) is 9.00. The molecule has 0 aromatic heterocycles. The smallest absolute Gasteiger partial charge is 0.220 e. The Hall–Kier alpha value is -2.57. The van der Waals surface area contributed by atoms with Crippen molar-refractivity contribution in [3.05, 3.63) is 72.9 Å². The summed E-state index contributed by atoms with van der Waals surface area (Å²) in [5, 5.41) is 87.0. The number of aliphatic hydroxyl groups is 8. The third-order valence-electron chi connectivity index (χ3n) is 13.6. The molecule has 2 fully saturated rings. The lowest BCUT2D eigenvalue weighted by atomic mass is 9.97. The van der Waals surface area contributed by atoms with Gasteiger partial charge in [-0.15, -0.1) is 0 Å². The summed E-state index contributed by atoms with van der Waals surface area (Å²) in [5.74, 6) is -0.260. The molecule has 0 aromatic carbocycles. The van der Waals surface area contributed by atoms with Crippen LogP contribution in [-0.2, 0) is 23.7 Å². The highest BCUT2D eigenvalue weighted by atomic mass is 16.7. The van der Waals surface area contributed by atoms with E-state index in [1.165, 1.54) is 96.3 Å². The van der Waals surface area contributed by atoms with Crippen molar-refractivity contribution in [3.8, 4) is 0 Å². The summed E-state index contributed by atoms with van der Waals surface area (Å²) >= 11 is 0. The summed E-state index contributed by atoms with van der Waals surface area (Å²) in [4.78, 5) is 13.2. The molecule has 2 aliphatic rings. The van der Waals surface area contributed by atoms with Crippen LogP contribution in [0.15, 0.2) is 72.9 Å². The molecule has 14 heteroatoms. The molecule has 2 saturated heterocycles. The molecule has 422 valence electrons. The summed E-state index contributed by atoms with van der Waals surface area (Å²) in [6, 6.07) is -0.939. The normalized spacial score (nSPS) is 25.9. The van der Waals surface area contributed by atoms with Crippen molar-refractivity contribution >= 4 is 5.91 Å². The van der Waals surface area contributed by atoms with E-state index in [1.807, 2.05) is 6.08 Å². The lowest BCUT2D eigenvalue weighted by Crippen LogP contribution is -2.65. The number of hydrogen-bond donors (Lipinski definition) is 9. The highest BCUT2D eigenvalue weighted by Crippen LogP contribution is 2.30. The van der Waals surface area contributed by atoms with E-state index in [1.54, 1.807) is 6.08 Å². The number of rotatable bonds is 44. The van der Waals surface area contributed by atoms with Crippen LogP contribution in [-0.4, -0.2) is 140 Å². The monoisotopic (exact) mass is 1030 g/mol. The van der Waals surface area contributed by atoms with Crippen LogP contribution in [0, 0.1) is 0 Å². The van der Waals surface area contributed by atoms with Gasteiger partial charge < -0.3 is 65.1 Å². The van der Waals surface area contributed by atoms with Gasteiger partial charge in [-0.05, 0) is 70.6 Å². The minimum Gasteiger partial charge on any atom is -0.394 e. The molecule has 0 bridgehead atoms. The molecule has 0 aromatic rings. The Morgan fingerprint density at radius 3 is 1.51 bits per heavy atom. The zero-order valence-corrected chi connectivity index (χ0v) is 45.1. The van der Waals surface area contributed by atoms with Gasteiger partial charge in [-0.1, -0.05) is 196 Å². The number of hydrogen-bond acceptors (Lipinski definition) is 13. The lowest BCUT2D eigenvalue weighted by Gasteiger charge is -2.46. The fourth-order valence-electron chi connectivity index (χ4n) is 9.00. The van der Waals surface area contributed by atoms with Crippen molar-refractivity contribution in [2.75, 3.05) is 19.8 Å². The van der Waals surface area contributed by atoms with Crippen LogP contribution in [0.5, 0.6) is 0 Å². The first-order valence-electron chi connectivity index (χ1n) is 28.7. The largest absolute Gasteiger partial charge is 0.394 e. The third kappa shape index (κ3) is 30.7. The number of ether oxygens (including phenoxy) is 4. The standard InChI is InChI=1S/C59H103NO13/c1-3-5-7-9-11-13-15-17-19-21-23-24-25-27-29-31-33-35-37-39-41-43-51(64)60-47(48(63)42-40-38-36-34-32-30-28-26-22-20-18-16-14-12-10-8-6-4-2)46-70-58-56(69)54(67)57(50(45-62)72-58)73-59-55(68)53(66)52(65)49(44-61)71-59/h5,7,11,13,17,19,23-24,32,34,40,42,47-50,52-59,61-63,65-69H,3-4,6,8-10,12,14-16,18,20-22,25-31,33,35-39,41,43-46H2,1-2H3,(H,60,64)/b7-5-,13-11-,19-17-,24-23-,34-32+,42-40+. The molecule has 1 amide bonds. The van der Waals surface area contributed by atoms with Crippen LogP contribution in [0.2, 0.25) is 0 Å². The molecule has 0 aliphatic carbocycles. The van der Waals surface area contributed by atoms with Crippen LogP contribution in [0.3, 0.4) is 0 Å². The number of amides is 1. The van der Waals surface area contributed by atoms with Gasteiger partial charge in [0.15, 0.2) is 12.6 Å². The first-order valence-corrected chi connectivity index (χ1v) is 28.7. The van der Waals surface area contributed by atoms with Gasteiger partial charge in [0.2, 0.25) is 5.91 Å². The van der Waals surface area contributed by atoms with Gasteiger partial charge in [-0.25, -0.2) is 0 Å². The second-order valence-corrected chi connectivity index (χ2v) is 20.0. The van der Waals surface area contributed by atoms with Crippen molar-refractivity contribution in [1.29, 1.82) is 0 Å². The molecule has 0 saturated carbocycles. The molecule has 2 rings (SSSR count). The molecule has 14 nitrogen and oxygen atoms in total. The van der Waals surface area contributed by atoms with E-state index in [0.29, 0.717) is 12.8 Å². The zero-order chi connectivity index (χ0) is 53.2. The summed E-state index contributed by atoms with van der Waals surface area (Å²) in [6.45, 7) is 2.65. The van der Waals surface area contributed by atoms with Crippen molar-refractivity contribution in [1.82, 2.24) is 5.32 Å². The summed E-state index contributed by atoms with van der Waals surface area (Å²) in [7, 11) is 0. The molecule has 12 unspecified atom stereocenters. The maximum Gasteiger partial charge on any atom is 0.220 e. The van der Waals surface area contributed by atoms with Crippen LogP contribution >= 0.6 is 0 Å². The van der Waals surface area contributed by atoms with Crippen LogP contribution in [0.25, 0.3) is 0 Å². The number of carbonyl (C=O) groups excluding carboxylic acids is 1. The molecule has 2 heterocycles. The average molecular weight is 1030 g/mol. The van der Waals surface area contributed by atoms with E-state index in [4.69, 9.17) is 18.9 Å². The Balaban J connectivity index is 1.81. The van der Waals surface area contributed by atoms with Gasteiger partial charge in [0.25, 0.3) is 0 Å². The quantitative estimate of drug-likeness (QED) is 0.0205. The first kappa shape index (κ1) is 66.5. The summed E-state index contributed by atoms with van der Waals surface area (Å²) in [5.41, 5.74) is 0. The predicted molar refractivity (Wildman–Crippen MR) is 290 cm³/mol. The van der Waals surface area contributed by atoms with Crippen LogP contribution < -0.4 is 5.32 Å². The number of aliphatic hydroxyl groups excluding tert-OH is 8. The van der Waals surface area contributed by atoms with E-state index in [2.05, 4.69) is 79.9 Å². The lowest BCUT2D eigenvalue weighted by molar-refractivity contribution is -0.359. The summed E-state index contributed by atoms with van der Waals surface area (Å²) in [6.07, 6.45) is 40.7. The van der Waals surface area contributed by atoms with Gasteiger partial charge in [-0.2, -0.15) is 0 Å². The number of unbranched alkanes of at least 4 members (excludes halogenated alkanes) is 21. The van der Waals surface area contributed by atoms with Gasteiger partial charge in [0, 0.05) is 6.42 Å². The van der Waals surface area contributed by atoms with Crippen LogP contribution in [0.4, 0.5) is 0 Å². The van der Waals surface area contributed by atoms with E-state index < -0.39 is 86.8 Å². The highest BCUT2D eigenvalue weighted by molar-refractivity contribution is 5.76. The summed E-state index contributed by atoms with van der Waals surface area (Å²) < 4.78 is 22.7. The van der Waals surface area contributed by atoms with Gasteiger partial charge in [0.05, 0.1) is 32.0 Å². The third-order valence-corrected chi connectivity index (χ3v) is 13.6. The van der Waals surface area contributed by atoms with Crippen molar-refractivity contribution < 1.29 is 64.6 Å². The SMILES string of the molecule is CC/C=C\C/C=C\C/C=C\C/C=C\CCCCCCCCCCC(=O)NC(COC1OC(CO)C(OC2OC(CO)C(O)C(O)C2O)C(O)C1O)C(O)/C=C/CC/C=C/CCCCCCCCCCCCCC.